The third kappa shape index (κ3) is 5.62. The highest BCUT2D eigenvalue weighted by Crippen LogP contribution is 2.34. The molecular formula is C27H32FN3O2. The van der Waals surface area contributed by atoms with Crippen LogP contribution < -0.4 is 4.90 Å². The minimum absolute atomic E-state index is 0.181. The lowest BCUT2D eigenvalue weighted by Gasteiger charge is -2.29. The number of carbonyl (C=O) groups is 1. The van der Waals surface area contributed by atoms with Gasteiger partial charge in [0.15, 0.2) is 0 Å². The van der Waals surface area contributed by atoms with Crippen molar-refractivity contribution in [2.24, 2.45) is 5.92 Å². The van der Waals surface area contributed by atoms with Gasteiger partial charge in [-0.2, -0.15) is 0 Å². The molecule has 2 heterocycles. The Hall–Kier alpha value is -3.15. The van der Waals surface area contributed by atoms with Crippen molar-refractivity contribution in [1.82, 2.24) is 10.1 Å². The van der Waals surface area contributed by atoms with Crippen molar-refractivity contribution in [1.29, 1.82) is 0 Å². The van der Waals surface area contributed by atoms with Gasteiger partial charge < -0.3 is 14.3 Å². The van der Waals surface area contributed by atoms with Crippen LogP contribution >= 0.6 is 0 Å². The zero-order valence-electron chi connectivity index (χ0n) is 19.5. The summed E-state index contributed by atoms with van der Waals surface area (Å²) in [5.41, 5.74) is 2.99. The predicted molar refractivity (Wildman–Crippen MR) is 129 cm³/mol. The molecule has 4 rings (SSSR count). The monoisotopic (exact) mass is 449 g/mol. The van der Waals surface area contributed by atoms with Crippen molar-refractivity contribution in [3.05, 3.63) is 71.5 Å². The van der Waals surface area contributed by atoms with E-state index >= 15 is 0 Å². The molecule has 174 valence electrons. The summed E-state index contributed by atoms with van der Waals surface area (Å²) in [6.45, 7) is 7.05. The van der Waals surface area contributed by atoms with Crippen molar-refractivity contribution in [2.75, 3.05) is 24.5 Å². The van der Waals surface area contributed by atoms with Gasteiger partial charge >= 0.3 is 0 Å². The third-order valence-electron chi connectivity index (χ3n) is 6.14. The van der Waals surface area contributed by atoms with Gasteiger partial charge in [0, 0.05) is 30.8 Å². The first-order valence-electron chi connectivity index (χ1n) is 11.9. The van der Waals surface area contributed by atoms with E-state index in [-0.39, 0.29) is 5.91 Å². The number of piperidine rings is 1. The van der Waals surface area contributed by atoms with Crippen LogP contribution in [0.4, 0.5) is 10.3 Å². The second kappa shape index (κ2) is 10.6. The highest BCUT2D eigenvalue weighted by molar-refractivity contribution is 5.94. The summed E-state index contributed by atoms with van der Waals surface area (Å²) in [4.78, 5) is 17.5. The minimum atomic E-state index is -0.409. The SMILES string of the molecule is CC(C)CCN(Cc1c(-c2ccccc2)noc1N1CCCCC1)C(=O)c1cccc(F)c1. The Labute approximate surface area is 195 Å². The molecule has 1 aromatic heterocycles. The summed E-state index contributed by atoms with van der Waals surface area (Å²) in [6, 6.07) is 15.9. The maximum Gasteiger partial charge on any atom is 0.254 e. The van der Waals surface area contributed by atoms with E-state index in [1.807, 2.05) is 30.3 Å². The third-order valence-corrected chi connectivity index (χ3v) is 6.14. The molecule has 1 amide bonds. The smallest absolute Gasteiger partial charge is 0.254 e. The van der Waals surface area contributed by atoms with Crippen LogP contribution in [0.2, 0.25) is 0 Å². The van der Waals surface area contributed by atoms with Gasteiger partial charge in [-0.1, -0.05) is 55.4 Å². The number of benzene rings is 2. The van der Waals surface area contributed by atoms with Gasteiger partial charge in [-0.15, -0.1) is 0 Å². The van der Waals surface area contributed by atoms with Gasteiger partial charge in [0.2, 0.25) is 5.88 Å². The van der Waals surface area contributed by atoms with Crippen molar-refractivity contribution in [3.63, 3.8) is 0 Å². The van der Waals surface area contributed by atoms with E-state index in [0.717, 1.165) is 55.1 Å². The number of anilines is 1. The number of hydrogen-bond acceptors (Lipinski definition) is 4. The molecule has 6 heteroatoms. The van der Waals surface area contributed by atoms with Gasteiger partial charge in [-0.25, -0.2) is 4.39 Å². The van der Waals surface area contributed by atoms with E-state index in [9.17, 15) is 9.18 Å². The lowest BCUT2D eigenvalue weighted by atomic mass is 10.0. The van der Waals surface area contributed by atoms with Crippen molar-refractivity contribution >= 4 is 11.8 Å². The van der Waals surface area contributed by atoms with Gasteiger partial charge in [-0.3, -0.25) is 4.79 Å². The van der Waals surface area contributed by atoms with Crippen molar-refractivity contribution in [2.45, 2.75) is 46.1 Å². The normalized spacial score (nSPS) is 14.0. The predicted octanol–water partition coefficient (Wildman–Crippen LogP) is 6.16. The molecule has 1 aliphatic heterocycles. The summed E-state index contributed by atoms with van der Waals surface area (Å²) in [7, 11) is 0. The Kier molecular flexibility index (Phi) is 7.43. The molecule has 2 aromatic carbocycles. The van der Waals surface area contributed by atoms with Crippen LogP contribution in [-0.4, -0.2) is 35.6 Å². The molecule has 1 saturated heterocycles. The molecule has 33 heavy (non-hydrogen) atoms. The van der Waals surface area contributed by atoms with Gasteiger partial charge in [0.05, 0.1) is 12.1 Å². The zero-order chi connectivity index (χ0) is 23.2. The maximum atomic E-state index is 13.9. The van der Waals surface area contributed by atoms with Crippen LogP contribution in [0, 0.1) is 11.7 Å². The Morgan fingerprint density at radius 2 is 1.85 bits per heavy atom. The van der Waals surface area contributed by atoms with Crippen molar-refractivity contribution < 1.29 is 13.7 Å². The van der Waals surface area contributed by atoms with Crippen molar-refractivity contribution in [3.8, 4) is 11.3 Å². The molecule has 1 aliphatic rings. The fourth-order valence-electron chi connectivity index (χ4n) is 4.27. The second-order valence-corrected chi connectivity index (χ2v) is 9.15. The number of aromatic nitrogens is 1. The quantitative estimate of drug-likeness (QED) is 0.413. The number of amides is 1. The van der Waals surface area contributed by atoms with E-state index in [0.29, 0.717) is 24.6 Å². The Bertz CT molecular complexity index is 1060. The second-order valence-electron chi connectivity index (χ2n) is 9.15. The number of halogens is 1. The molecule has 0 saturated carbocycles. The molecule has 0 aliphatic carbocycles. The van der Waals surface area contributed by atoms with Gasteiger partial charge in [-0.05, 0) is 49.8 Å². The Morgan fingerprint density at radius 1 is 1.09 bits per heavy atom. The van der Waals surface area contributed by atoms with Gasteiger partial charge in [0.1, 0.15) is 11.5 Å². The largest absolute Gasteiger partial charge is 0.340 e. The molecule has 1 fully saturated rings. The topological polar surface area (TPSA) is 49.6 Å². The molecule has 0 N–H and O–H groups in total. The van der Waals surface area contributed by atoms with E-state index in [1.54, 1.807) is 17.0 Å². The highest BCUT2D eigenvalue weighted by atomic mass is 19.1. The summed E-state index contributed by atoms with van der Waals surface area (Å²) in [6.07, 6.45) is 4.29. The lowest BCUT2D eigenvalue weighted by molar-refractivity contribution is 0.0735. The zero-order valence-corrected chi connectivity index (χ0v) is 19.5. The molecule has 0 spiro atoms. The number of nitrogens with zero attached hydrogens (tertiary/aromatic N) is 3. The average molecular weight is 450 g/mol. The Morgan fingerprint density at radius 3 is 2.55 bits per heavy atom. The Balaban J connectivity index is 1.71. The minimum Gasteiger partial charge on any atom is -0.340 e. The molecule has 0 unspecified atom stereocenters. The van der Waals surface area contributed by atoms with Crippen LogP contribution in [0.15, 0.2) is 59.1 Å². The van der Waals surface area contributed by atoms with Crippen LogP contribution in [0.3, 0.4) is 0 Å². The summed E-state index contributed by atoms with van der Waals surface area (Å²) >= 11 is 0. The fourth-order valence-corrected chi connectivity index (χ4v) is 4.27. The van der Waals surface area contributed by atoms with Gasteiger partial charge in [0.25, 0.3) is 5.91 Å². The molecule has 0 radical (unpaired) electrons. The average Bonchev–Trinajstić information content (AvgIpc) is 3.26. The standard InChI is InChI=1S/C27H32FN3O2/c1-20(2)14-17-31(26(32)22-12-9-13-23(28)18-22)19-24-25(21-10-5-3-6-11-21)29-33-27(24)30-15-7-4-8-16-30/h3,5-6,9-13,18,20H,4,7-8,14-17,19H2,1-2H3. The van der Waals surface area contributed by atoms with Crippen LogP contribution in [0.1, 0.15) is 55.5 Å². The maximum absolute atomic E-state index is 13.9. The first kappa shape index (κ1) is 23.0. The molecule has 0 atom stereocenters. The molecular weight excluding hydrogens is 417 g/mol. The lowest BCUT2D eigenvalue weighted by Crippen LogP contribution is -2.34. The first-order chi connectivity index (χ1) is 16.0. The van der Waals surface area contributed by atoms with Crippen LogP contribution in [-0.2, 0) is 6.54 Å². The van der Waals surface area contributed by atoms with E-state index in [2.05, 4.69) is 23.9 Å². The van der Waals surface area contributed by atoms with Crippen LogP contribution in [0.25, 0.3) is 11.3 Å². The van der Waals surface area contributed by atoms with E-state index in [4.69, 9.17) is 4.52 Å². The number of hydrogen-bond donors (Lipinski definition) is 0. The summed E-state index contributed by atoms with van der Waals surface area (Å²) in [5.74, 6) is 0.592. The number of carbonyl (C=O) groups excluding carboxylic acids is 1. The molecule has 3 aromatic rings. The molecule has 0 bridgehead atoms. The molecule has 5 nitrogen and oxygen atoms in total. The summed E-state index contributed by atoms with van der Waals surface area (Å²) < 4.78 is 19.8. The van der Waals surface area contributed by atoms with Crippen LogP contribution in [0.5, 0.6) is 0 Å². The van der Waals surface area contributed by atoms with E-state index < -0.39 is 5.82 Å². The highest BCUT2D eigenvalue weighted by Gasteiger charge is 2.27. The fraction of sp³-hybridized carbons (Fsp3) is 0.407. The number of rotatable bonds is 8. The first-order valence-corrected chi connectivity index (χ1v) is 11.9. The van der Waals surface area contributed by atoms with E-state index in [1.165, 1.54) is 18.6 Å². The summed E-state index contributed by atoms with van der Waals surface area (Å²) in [5, 5.41) is 4.44.